The van der Waals surface area contributed by atoms with Crippen LogP contribution in [-0.2, 0) is 33.0 Å². The van der Waals surface area contributed by atoms with Crippen molar-refractivity contribution >= 4 is 11.8 Å². The summed E-state index contributed by atoms with van der Waals surface area (Å²) in [4.78, 5) is 35.7. The summed E-state index contributed by atoms with van der Waals surface area (Å²) in [6.07, 6.45) is 7.76. The van der Waals surface area contributed by atoms with Crippen molar-refractivity contribution < 1.29 is 14.3 Å². The highest BCUT2D eigenvalue weighted by Crippen LogP contribution is 2.40. The van der Waals surface area contributed by atoms with Crippen molar-refractivity contribution in [3.05, 3.63) is 48.3 Å². The molecule has 1 saturated heterocycles. The number of aromatic nitrogens is 3. The Kier molecular flexibility index (Phi) is 5.36. The molecule has 8 nitrogen and oxygen atoms in total. The van der Waals surface area contributed by atoms with Gasteiger partial charge in [-0.15, -0.1) is 0 Å². The van der Waals surface area contributed by atoms with Gasteiger partial charge in [-0.25, -0.2) is 4.98 Å². The minimum Gasteiger partial charge on any atom is -0.352 e. The van der Waals surface area contributed by atoms with Gasteiger partial charge in [-0.2, -0.15) is 0 Å². The van der Waals surface area contributed by atoms with Crippen molar-refractivity contribution in [1.82, 2.24) is 24.8 Å². The fourth-order valence-electron chi connectivity index (χ4n) is 4.13. The van der Waals surface area contributed by atoms with Gasteiger partial charge in [-0.05, 0) is 11.6 Å². The third kappa shape index (κ3) is 3.89. The van der Waals surface area contributed by atoms with Gasteiger partial charge in [-0.3, -0.25) is 14.6 Å². The maximum absolute atomic E-state index is 12.8. The van der Waals surface area contributed by atoms with E-state index in [0.29, 0.717) is 39.0 Å². The number of nitrogens with zero attached hydrogens (tertiary/aromatic N) is 4. The van der Waals surface area contributed by atoms with E-state index in [9.17, 15) is 9.59 Å². The number of carbonyl (C=O) groups is 2. The first-order valence-electron chi connectivity index (χ1n) is 10.1. The Labute approximate surface area is 170 Å². The van der Waals surface area contributed by atoms with Crippen molar-refractivity contribution in [2.24, 2.45) is 5.92 Å². The first-order chi connectivity index (χ1) is 14.0. The molecule has 2 aliphatic heterocycles. The summed E-state index contributed by atoms with van der Waals surface area (Å²) in [5.74, 6) is 0.841. The first-order valence-corrected chi connectivity index (χ1v) is 10.1. The number of fused-ring (bicyclic) bond motifs is 2. The second-order valence-corrected chi connectivity index (χ2v) is 8.06. The average molecular weight is 397 g/mol. The monoisotopic (exact) mass is 397 g/mol. The summed E-state index contributed by atoms with van der Waals surface area (Å²) in [5.41, 5.74) is 0.307. The number of imidazole rings is 1. The number of likely N-dealkylation sites (tertiary alicyclic amines) is 1. The van der Waals surface area contributed by atoms with Crippen molar-refractivity contribution in [2.75, 3.05) is 13.1 Å². The van der Waals surface area contributed by atoms with E-state index in [1.807, 2.05) is 41.6 Å². The molecule has 1 unspecified atom stereocenters. The molecule has 29 heavy (non-hydrogen) atoms. The molecular formula is C21H27N5O3. The Bertz CT molecular complexity index is 871. The molecule has 2 aromatic heterocycles. The molecule has 0 bridgehead atoms. The molecule has 0 aromatic carbocycles. The molecule has 0 saturated carbocycles. The highest BCUT2D eigenvalue weighted by molar-refractivity contribution is 5.81. The summed E-state index contributed by atoms with van der Waals surface area (Å²) < 4.78 is 8.40. The van der Waals surface area contributed by atoms with Crippen LogP contribution >= 0.6 is 0 Å². The zero-order valence-corrected chi connectivity index (χ0v) is 16.9. The lowest BCUT2D eigenvalue weighted by Gasteiger charge is -2.45. The van der Waals surface area contributed by atoms with Crippen molar-refractivity contribution in [3.63, 3.8) is 0 Å². The number of rotatable bonds is 4. The molecule has 1 atom stereocenters. The van der Waals surface area contributed by atoms with Crippen LogP contribution in [0.1, 0.15) is 38.1 Å². The van der Waals surface area contributed by atoms with Gasteiger partial charge in [-0.1, -0.05) is 19.9 Å². The standard InChI is InChI=1S/C21H27N5O3/c1-15(2)19(28)25-9-5-21(6-10-25)20-23-8-11-26(20)14-17(29-21)18(27)24-13-16-4-3-7-22-12-16/h3-4,7-8,11-12,15,17H,5-6,9-10,13-14H2,1-2H3,(H,24,27). The first kappa shape index (κ1) is 19.6. The van der Waals surface area contributed by atoms with Gasteiger partial charge < -0.3 is 19.5 Å². The highest BCUT2D eigenvalue weighted by atomic mass is 16.5. The molecule has 2 aromatic rings. The molecule has 1 N–H and O–H groups in total. The number of hydrogen-bond donors (Lipinski definition) is 1. The van der Waals surface area contributed by atoms with E-state index in [1.54, 1.807) is 18.6 Å². The summed E-state index contributed by atoms with van der Waals surface area (Å²) in [7, 11) is 0. The third-order valence-electron chi connectivity index (χ3n) is 5.71. The fourth-order valence-corrected chi connectivity index (χ4v) is 4.13. The third-order valence-corrected chi connectivity index (χ3v) is 5.71. The number of amides is 2. The molecule has 2 aliphatic rings. The van der Waals surface area contributed by atoms with Crippen molar-refractivity contribution in [1.29, 1.82) is 0 Å². The smallest absolute Gasteiger partial charge is 0.251 e. The van der Waals surface area contributed by atoms with Crippen molar-refractivity contribution in [3.8, 4) is 0 Å². The molecule has 8 heteroatoms. The molecule has 1 spiro atoms. The van der Waals surface area contributed by atoms with E-state index < -0.39 is 11.7 Å². The van der Waals surface area contributed by atoms with E-state index in [-0.39, 0.29) is 17.7 Å². The molecular weight excluding hydrogens is 370 g/mol. The van der Waals surface area contributed by atoms with Crippen LogP contribution in [-0.4, -0.2) is 50.4 Å². The maximum atomic E-state index is 12.8. The lowest BCUT2D eigenvalue weighted by Crippen LogP contribution is -2.55. The Balaban J connectivity index is 1.46. The lowest BCUT2D eigenvalue weighted by atomic mass is 9.88. The van der Waals surface area contributed by atoms with Crippen LogP contribution in [0, 0.1) is 5.92 Å². The maximum Gasteiger partial charge on any atom is 0.251 e. The second kappa shape index (κ2) is 7.94. The molecule has 154 valence electrons. The Morgan fingerprint density at radius 3 is 2.79 bits per heavy atom. The SMILES string of the molecule is CC(C)C(=O)N1CCC2(CC1)OC(C(=O)NCc1cccnc1)Cn1ccnc12. The topological polar surface area (TPSA) is 89.4 Å². The molecule has 4 rings (SSSR count). The molecule has 0 radical (unpaired) electrons. The minimum absolute atomic E-state index is 0.0238. The Morgan fingerprint density at radius 2 is 2.10 bits per heavy atom. The van der Waals surface area contributed by atoms with Crippen LogP contribution in [0.25, 0.3) is 0 Å². The minimum atomic E-state index is -0.633. The number of hydrogen-bond acceptors (Lipinski definition) is 5. The van der Waals surface area contributed by atoms with Crippen LogP contribution < -0.4 is 5.32 Å². The molecule has 4 heterocycles. The number of nitrogens with one attached hydrogen (secondary N) is 1. The summed E-state index contributed by atoms with van der Waals surface area (Å²) in [5, 5.41) is 2.95. The quantitative estimate of drug-likeness (QED) is 0.844. The number of piperidine rings is 1. The fraction of sp³-hybridized carbons (Fsp3) is 0.524. The van der Waals surface area contributed by atoms with Crippen molar-refractivity contribution in [2.45, 2.75) is 51.5 Å². The van der Waals surface area contributed by atoms with Crippen LogP contribution in [0.3, 0.4) is 0 Å². The van der Waals surface area contributed by atoms with Crippen LogP contribution in [0.5, 0.6) is 0 Å². The van der Waals surface area contributed by atoms with Gasteiger partial charge in [0.05, 0.1) is 6.54 Å². The zero-order chi connectivity index (χ0) is 20.4. The summed E-state index contributed by atoms with van der Waals surface area (Å²) in [6, 6.07) is 3.77. The largest absolute Gasteiger partial charge is 0.352 e. The predicted octanol–water partition coefficient (Wildman–Crippen LogP) is 1.47. The second-order valence-electron chi connectivity index (χ2n) is 8.06. The van der Waals surface area contributed by atoms with E-state index >= 15 is 0 Å². The summed E-state index contributed by atoms with van der Waals surface area (Å²) in [6.45, 7) is 5.89. The van der Waals surface area contributed by atoms with Crippen LogP contribution in [0.15, 0.2) is 36.9 Å². The molecule has 1 fully saturated rings. The van der Waals surface area contributed by atoms with Crippen LogP contribution in [0.4, 0.5) is 0 Å². The predicted molar refractivity (Wildman–Crippen MR) is 106 cm³/mol. The normalized spacial score (nSPS) is 20.5. The van der Waals surface area contributed by atoms with Gasteiger partial charge in [0.15, 0.2) is 6.10 Å². The van der Waals surface area contributed by atoms with Gasteiger partial charge >= 0.3 is 0 Å². The molecule has 0 aliphatic carbocycles. The molecule has 2 amide bonds. The average Bonchev–Trinajstić information content (AvgIpc) is 3.22. The van der Waals surface area contributed by atoms with E-state index in [1.165, 1.54) is 0 Å². The van der Waals surface area contributed by atoms with Gasteiger partial charge in [0.2, 0.25) is 5.91 Å². The van der Waals surface area contributed by atoms with E-state index in [2.05, 4.69) is 15.3 Å². The highest BCUT2D eigenvalue weighted by Gasteiger charge is 2.47. The Hall–Kier alpha value is -2.74. The zero-order valence-electron chi connectivity index (χ0n) is 16.9. The number of pyridine rings is 1. The van der Waals surface area contributed by atoms with Gasteiger partial charge in [0.1, 0.15) is 11.4 Å². The van der Waals surface area contributed by atoms with Gasteiger partial charge in [0, 0.05) is 63.2 Å². The van der Waals surface area contributed by atoms with Crippen LogP contribution in [0.2, 0.25) is 0 Å². The lowest BCUT2D eigenvalue weighted by molar-refractivity contribution is -0.176. The van der Waals surface area contributed by atoms with E-state index in [0.717, 1.165) is 11.4 Å². The van der Waals surface area contributed by atoms with E-state index in [4.69, 9.17) is 4.74 Å². The number of carbonyl (C=O) groups excluding carboxylic acids is 2. The Morgan fingerprint density at radius 1 is 1.31 bits per heavy atom. The van der Waals surface area contributed by atoms with Gasteiger partial charge in [0.25, 0.3) is 5.91 Å². The number of ether oxygens (including phenoxy) is 1. The summed E-state index contributed by atoms with van der Waals surface area (Å²) >= 11 is 0.